The van der Waals surface area contributed by atoms with Gasteiger partial charge < -0.3 is 19.4 Å². The minimum Gasteiger partial charge on any atom is -0.349 e. The smallest absolute Gasteiger partial charge is 0.272 e. The van der Waals surface area contributed by atoms with Crippen LogP contribution in [0.2, 0.25) is 0 Å². The zero-order valence-electron chi connectivity index (χ0n) is 16.5. The molecule has 29 heavy (non-hydrogen) atoms. The molecule has 3 rings (SSSR count). The predicted octanol–water partition coefficient (Wildman–Crippen LogP) is 1.49. The van der Waals surface area contributed by atoms with Crippen molar-refractivity contribution in [3.63, 3.8) is 0 Å². The van der Waals surface area contributed by atoms with E-state index in [0.717, 1.165) is 11.1 Å². The molecule has 0 fully saturated rings. The molecule has 2 N–H and O–H groups in total. The van der Waals surface area contributed by atoms with Gasteiger partial charge in [-0.05, 0) is 31.1 Å². The van der Waals surface area contributed by atoms with Crippen LogP contribution in [0.4, 0.5) is 0 Å². The molecule has 0 aliphatic carbocycles. The second-order valence-corrected chi connectivity index (χ2v) is 6.27. The molecule has 6 nitrogen and oxygen atoms in total. The van der Waals surface area contributed by atoms with Crippen LogP contribution in [-0.2, 0) is 9.47 Å². The highest BCUT2D eigenvalue weighted by Gasteiger charge is 2.19. The molecule has 0 spiro atoms. The SMILES string of the molecule is CCOC(OCC)/C(c1ccccc1)=c1\[nH]c(=O)/c(=C/c2ccccc2)[nH]c1=O. The van der Waals surface area contributed by atoms with E-state index in [0.29, 0.717) is 18.8 Å². The number of benzene rings is 2. The molecule has 3 aromatic rings. The van der Waals surface area contributed by atoms with Crippen molar-refractivity contribution in [1.82, 2.24) is 9.97 Å². The summed E-state index contributed by atoms with van der Waals surface area (Å²) in [5.74, 6) is 0. The largest absolute Gasteiger partial charge is 0.349 e. The second-order valence-electron chi connectivity index (χ2n) is 6.27. The van der Waals surface area contributed by atoms with Gasteiger partial charge in [-0.25, -0.2) is 0 Å². The maximum atomic E-state index is 12.9. The Bertz CT molecular complexity index is 1160. The summed E-state index contributed by atoms with van der Waals surface area (Å²) in [4.78, 5) is 31.1. The Morgan fingerprint density at radius 2 is 1.45 bits per heavy atom. The van der Waals surface area contributed by atoms with Crippen LogP contribution >= 0.6 is 0 Å². The summed E-state index contributed by atoms with van der Waals surface area (Å²) in [6.07, 6.45) is 0.850. The number of rotatable bonds is 7. The van der Waals surface area contributed by atoms with E-state index in [2.05, 4.69) is 9.97 Å². The first kappa shape index (κ1) is 20.5. The van der Waals surface area contributed by atoms with Crippen LogP contribution in [0.1, 0.15) is 25.0 Å². The van der Waals surface area contributed by atoms with Gasteiger partial charge in [0.1, 0.15) is 10.7 Å². The van der Waals surface area contributed by atoms with Crippen LogP contribution in [0, 0.1) is 0 Å². The zero-order valence-corrected chi connectivity index (χ0v) is 16.5. The summed E-state index contributed by atoms with van der Waals surface area (Å²) in [7, 11) is 0. The van der Waals surface area contributed by atoms with Gasteiger partial charge in [0.2, 0.25) is 0 Å². The zero-order chi connectivity index (χ0) is 20.6. The number of nitrogens with one attached hydrogen (secondary N) is 2. The first-order valence-electron chi connectivity index (χ1n) is 9.56. The van der Waals surface area contributed by atoms with E-state index in [1.807, 2.05) is 74.5 Å². The first-order valence-corrected chi connectivity index (χ1v) is 9.56. The molecule has 1 aromatic heterocycles. The molecule has 0 bridgehead atoms. The number of hydrogen-bond donors (Lipinski definition) is 2. The van der Waals surface area contributed by atoms with E-state index < -0.39 is 17.4 Å². The van der Waals surface area contributed by atoms with E-state index in [9.17, 15) is 9.59 Å². The van der Waals surface area contributed by atoms with Crippen molar-refractivity contribution in [2.75, 3.05) is 13.2 Å². The van der Waals surface area contributed by atoms with Crippen molar-refractivity contribution in [2.24, 2.45) is 0 Å². The lowest BCUT2D eigenvalue weighted by Crippen LogP contribution is -2.49. The second kappa shape index (κ2) is 9.82. The molecule has 0 aliphatic heterocycles. The van der Waals surface area contributed by atoms with Crippen LogP contribution < -0.4 is 21.8 Å². The van der Waals surface area contributed by atoms with Crippen LogP contribution in [-0.4, -0.2) is 29.5 Å². The van der Waals surface area contributed by atoms with Gasteiger partial charge in [-0.1, -0.05) is 60.7 Å². The van der Waals surface area contributed by atoms with Crippen molar-refractivity contribution in [2.45, 2.75) is 20.1 Å². The van der Waals surface area contributed by atoms with Crippen molar-refractivity contribution in [3.05, 3.63) is 103 Å². The molecule has 0 saturated carbocycles. The summed E-state index contributed by atoms with van der Waals surface area (Å²) >= 11 is 0. The van der Waals surface area contributed by atoms with Crippen LogP contribution in [0.15, 0.2) is 70.3 Å². The molecule has 0 radical (unpaired) electrons. The number of aromatic nitrogens is 2. The summed E-state index contributed by atoms with van der Waals surface area (Å²) in [5.41, 5.74) is 1.22. The highest BCUT2D eigenvalue weighted by atomic mass is 16.7. The number of hydrogen-bond acceptors (Lipinski definition) is 4. The van der Waals surface area contributed by atoms with E-state index >= 15 is 0 Å². The van der Waals surface area contributed by atoms with Crippen molar-refractivity contribution < 1.29 is 9.47 Å². The average Bonchev–Trinajstić information content (AvgIpc) is 2.73. The maximum absolute atomic E-state index is 12.9. The third kappa shape index (κ3) is 4.99. The van der Waals surface area contributed by atoms with Crippen molar-refractivity contribution in [3.8, 4) is 0 Å². The summed E-state index contributed by atoms with van der Waals surface area (Å²) < 4.78 is 11.5. The molecule has 0 saturated heterocycles. The molecule has 0 unspecified atom stereocenters. The lowest BCUT2D eigenvalue weighted by molar-refractivity contribution is -0.0969. The Morgan fingerprint density at radius 3 is 2.03 bits per heavy atom. The molecular weight excluding hydrogens is 368 g/mol. The average molecular weight is 392 g/mol. The number of ether oxygens (including phenoxy) is 2. The minimum absolute atomic E-state index is 0.123. The van der Waals surface area contributed by atoms with Gasteiger partial charge in [0, 0.05) is 18.8 Å². The standard InChI is InChI=1S/C23H24N2O4/c1-3-28-23(29-4-2)19(17-13-9-6-10-14-17)20-22(27)24-18(21(26)25-20)15-16-11-7-5-8-12-16/h5-15,23H,3-4H2,1-2H3,(H,24,27)(H,25,26)/b18-15-,20-19-. The third-order valence-corrected chi connectivity index (χ3v) is 4.29. The number of H-pyrrole nitrogens is 2. The van der Waals surface area contributed by atoms with Gasteiger partial charge in [0.05, 0.1) is 0 Å². The lowest BCUT2D eigenvalue weighted by atomic mass is 10.0. The van der Waals surface area contributed by atoms with E-state index in [1.165, 1.54) is 0 Å². The molecule has 0 atom stereocenters. The van der Waals surface area contributed by atoms with Gasteiger partial charge in [0.15, 0.2) is 6.29 Å². The van der Waals surface area contributed by atoms with Gasteiger partial charge >= 0.3 is 0 Å². The van der Waals surface area contributed by atoms with Crippen molar-refractivity contribution in [1.29, 1.82) is 0 Å². The highest BCUT2D eigenvalue weighted by molar-refractivity contribution is 5.66. The molecule has 2 aromatic carbocycles. The summed E-state index contributed by atoms with van der Waals surface area (Å²) in [5, 5.41) is 0.306. The Labute approximate surface area is 168 Å². The monoisotopic (exact) mass is 392 g/mol. The summed E-state index contributed by atoms with van der Waals surface area (Å²) in [6.45, 7) is 4.48. The fourth-order valence-electron chi connectivity index (χ4n) is 3.02. The van der Waals surface area contributed by atoms with Gasteiger partial charge in [-0.3, -0.25) is 9.59 Å². The van der Waals surface area contributed by atoms with Gasteiger partial charge in [-0.15, -0.1) is 0 Å². The molecule has 150 valence electrons. The van der Waals surface area contributed by atoms with Crippen molar-refractivity contribution >= 4 is 11.6 Å². The maximum Gasteiger partial charge on any atom is 0.272 e. The lowest BCUT2D eigenvalue weighted by Gasteiger charge is -2.20. The van der Waals surface area contributed by atoms with E-state index in [-0.39, 0.29) is 10.7 Å². The third-order valence-electron chi connectivity index (χ3n) is 4.29. The van der Waals surface area contributed by atoms with E-state index in [1.54, 1.807) is 6.08 Å². The molecular formula is C23H24N2O4. The van der Waals surface area contributed by atoms with Crippen LogP contribution in [0.5, 0.6) is 0 Å². The van der Waals surface area contributed by atoms with Gasteiger partial charge in [-0.2, -0.15) is 0 Å². The Kier molecular flexibility index (Phi) is 6.94. The molecule has 0 aliphatic rings. The van der Waals surface area contributed by atoms with Crippen LogP contribution in [0.25, 0.3) is 11.6 Å². The fourth-order valence-corrected chi connectivity index (χ4v) is 3.02. The minimum atomic E-state index is -0.784. The van der Waals surface area contributed by atoms with E-state index in [4.69, 9.17) is 9.47 Å². The Hall–Kier alpha value is -3.22. The quantitative estimate of drug-likeness (QED) is 0.597. The normalized spacial score (nSPS) is 13.0. The molecule has 1 heterocycles. The predicted molar refractivity (Wildman–Crippen MR) is 113 cm³/mol. The Morgan fingerprint density at radius 1 is 0.862 bits per heavy atom. The highest BCUT2D eigenvalue weighted by Crippen LogP contribution is 2.18. The molecule has 6 heteroatoms. The summed E-state index contributed by atoms with van der Waals surface area (Å²) in [6, 6.07) is 18.6. The van der Waals surface area contributed by atoms with Crippen LogP contribution in [0.3, 0.4) is 0 Å². The Balaban J connectivity index is 2.29. The number of aromatic amines is 2. The topological polar surface area (TPSA) is 84.2 Å². The fraction of sp³-hybridized carbons (Fsp3) is 0.217. The van der Waals surface area contributed by atoms with Gasteiger partial charge in [0.25, 0.3) is 11.1 Å². The molecule has 0 amide bonds. The first-order chi connectivity index (χ1) is 14.1.